The topological polar surface area (TPSA) is 107 Å². The minimum absolute atomic E-state index is 0.145. The van der Waals surface area contributed by atoms with Gasteiger partial charge in [0.1, 0.15) is 11.4 Å². The van der Waals surface area contributed by atoms with Gasteiger partial charge in [-0.15, -0.1) is 0 Å². The summed E-state index contributed by atoms with van der Waals surface area (Å²) >= 11 is 0. The highest BCUT2D eigenvalue weighted by Gasteiger charge is 2.37. The van der Waals surface area contributed by atoms with Crippen LogP contribution >= 0.6 is 0 Å². The molecule has 2 N–H and O–H groups in total. The summed E-state index contributed by atoms with van der Waals surface area (Å²) in [6.45, 7) is -1.86. The second kappa shape index (κ2) is 5.44. The summed E-state index contributed by atoms with van der Waals surface area (Å²) in [5, 5.41) is 10.5. The largest absolute Gasteiger partial charge is 0.402 e. The Hall–Kier alpha value is -1.95. The molecule has 0 aliphatic carbocycles. The third kappa shape index (κ3) is 3.78. The van der Waals surface area contributed by atoms with Gasteiger partial charge in [-0.05, 0) is 0 Å². The molecule has 0 saturated heterocycles. The lowest BCUT2D eigenvalue weighted by Gasteiger charge is -2.19. The molecule has 0 radical (unpaired) electrons. The SMILES string of the molecule is CN(CC(F)(F)F)S(=O)(=O)c1c(N)cc([N+](=O)[O-])cc1F. The maximum absolute atomic E-state index is 13.7. The first-order chi connectivity index (χ1) is 9.36. The predicted molar refractivity (Wildman–Crippen MR) is 63.3 cm³/mol. The number of nitro groups is 1. The normalized spacial score (nSPS) is 12.7. The van der Waals surface area contributed by atoms with E-state index in [2.05, 4.69) is 0 Å². The Morgan fingerprint density at radius 2 is 1.90 bits per heavy atom. The molecule has 1 aromatic carbocycles. The summed E-state index contributed by atoms with van der Waals surface area (Å²) in [5.41, 5.74) is 3.55. The van der Waals surface area contributed by atoms with E-state index in [0.717, 1.165) is 0 Å². The zero-order valence-corrected chi connectivity index (χ0v) is 11.2. The number of rotatable bonds is 4. The van der Waals surface area contributed by atoms with E-state index in [1.807, 2.05) is 0 Å². The van der Waals surface area contributed by atoms with Crippen molar-refractivity contribution in [1.82, 2.24) is 4.31 Å². The molecule has 0 spiro atoms. The highest BCUT2D eigenvalue weighted by Crippen LogP contribution is 2.30. The molecule has 0 fully saturated rings. The van der Waals surface area contributed by atoms with Crippen molar-refractivity contribution in [1.29, 1.82) is 0 Å². The molecule has 0 aliphatic heterocycles. The monoisotopic (exact) mass is 331 g/mol. The lowest BCUT2D eigenvalue weighted by atomic mass is 10.3. The van der Waals surface area contributed by atoms with E-state index < -0.39 is 49.8 Å². The maximum Gasteiger partial charge on any atom is 0.402 e. The standard InChI is InChI=1S/C9H9F4N3O4S/c1-15(4-9(11,12)13)21(19,20)8-6(10)2-5(16(17)18)3-7(8)14/h2-3H,4,14H2,1H3. The molecule has 12 heteroatoms. The molecular formula is C9H9F4N3O4S. The summed E-state index contributed by atoms with van der Waals surface area (Å²) in [6, 6.07) is 0.821. The number of hydrogen-bond acceptors (Lipinski definition) is 5. The van der Waals surface area contributed by atoms with Crippen LogP contribution < -0.4 is 5.73 Å². The van der Waals surface area contributed by atoms with Crippen molar-refractivity contribution in [2.24, 2.45) is 0 Å². The van der Waals surface area contributed by atoms with Crippen LogP contribution in [0.25, 0.3) is 0 Å². The highest BCUT2D eigenvalue weighted by atomic mass is 32.2. The lowest BCUT2D eigenvalue weighted by Crippen LogP contribution is -2.36. The summed E-state index contributed by atoms with van der Waals surface area (Å²) in [7, 11) is -4.30. The molecule has 0 unspecified atom stereocenters. The average Bonchev–Trinajstić information content (AvgIpc) is 2.24. The number of hydrogen-bond donors (Lipinski definition) is 1. The van der Waals surface area contributed by atoms with Crippen LogP contribution in [0.15, 0.2) is 17.0 Å². The predicted octanol–water partition coefficient (Wildman–Crippen LogP) is 1.50. The van der Waals surface area contributed by atoms with Crippen LogP contribution in [0.1, 0.15) is 0 Å². The summed E-state index contributed by atoms with van der Waals surface area (Å²) in [4.78, 5) is 8.21. The number of sulfonamides is 1. The van der Waals surface area contributed by atoms with Crippen molar-refractivity contribution in [3.05, 3.63) is 28.1 Å². The van der Waals surface area contributed by atoms with Gasteiger partial charge in [-0.1, -0.05) is 0 Å². The Balaban J connectivity index is 3.36. The van der Waals surface area contributed by atoms with E-state index in [0.29, 0.717) is 13.1 Å². The van der Waals surface area contributed by atoms with E-state index in [1.165, 1.54) is 0 Å². The van der Waals surface area contributed by atoms with Crippen LogP contribution in [0, 0.1) is 15.9 Å². The first kappa shape index (κ1) is 17.1. The fraction of sp³-hybridized carbons (Fsp3) is 0.333. The highest BCUT2D eigenvalue weighted by molar-refractivity contribution is 7.89. The zero-order valence-electron chi connectivity index (χ0n) is 10.4. The molecular weight excluding hydrogens is 322 g/mol. The van der Waals surface area contributed by atoms with Crippen LogP contribution in [0.5, 0.6) is 0 Å². The molecule has 0 aliphatic rings. The van der Waals surface area contributed by atoms with Gasteiger partial charge >= 0.3 is 6.18 Å². The van der Waals surface area contributed by atoms with Crippen LogP contribution in [-0.2, 0) is 10.0 Å². The molecule has 0 bridgehead atoms. The number of anilines is 1. The van der Waals surface area contributed by atoms with Crippen LogP contribution in [-0.4, -0.2) is 37.4 Å². The number of nitrogens with zero attached hydrogens (tertiary/aromatic N) is 2. The molecule has 1 aromatic rings. The second-order valence-corrected chi connectivity index (χ2v) is 5.96. The maximum atomic E-state index is 13.7. The number of non-ortho nitro benzene ring substituents is 1. The Morgan fingerprint density at radius 1 is 1.38 bits per heavy atom. The van der Waals surface area contributed by atoms with Crippen molar-refractivity contribution in [3.8, 4) is 0 Å². The number of alkyl halides is 3. The summed E-state index contributed by atoms with van der Waals surface area (Å²) in [6.07, 6.45) is -4.84. The van der Waals surface area contributed by atoms with Crippen molar-refractivity contribution in [2.45, 2.75) is 11.1 Å². The van der Waals surface area contributed by atoms with Crippen LogP contribution in [0.3, 0.4) is 0 Å². The number of nitro benzene ring substituents is 1. The number of nitrogens with two attached hydrogens (primary N) is 1. The Bertz CT molecular complexity index is 651. The fourth-order valence-corrected chi connectivity index (χ4v) is 2.76. The Morgan fingerprint density at radius 3 is 2.29 bits per heavy atom. The zero-order chi connectivity index (χ0) is 16.6. The van der Waals surface area contributed by atoms with Gasteiger partial charge < -0.3 is 5.73 Å². The van der Waals surface area contributed by atoms with Gasteiger partial charge in [0.2, 0.25) is 10.0 Å². The quantitative estimate of drug-likeness (QED) is 0.389. The van der Waals surface area contributed by atoms with Gasteiger partial charge in [-0.3, -0.25) is 10.1 Å². The molecule has 7 nitrogen and oxygen atoms in total. The van der Waals surface area contributed by atoms with Gasteiger partial charge in [-0.25, -0.2) is 12.8 Å². The first-order valence-corrected chi connectivity index (χ1v) is 6.57. The van der Waals surface area contributed by atoms with Gasteiger partial charge in [-0.2, -0.15) is 17.5 Å². The molecule has 21 heavy (non-hydrogen) atoms. The molecule has 0 saturated carbocycles. The van der Waals surface area contributed by atoms with Crippen molar-refractivity contribution in [3.63, 3.8) is 0 Å². The molecule has 118 valence electrons. The summed E-state index contributed by atoms with van der Waals surface area (Å²) in [5.74, 6) is -1.60. The van der Waals surface area contributed by atoms with E-state index in [1.54, 1.807) is 0 Å². The number of halogens is 4. The Kier molecular flexibility index (Phi) is 4.43. The van der Waals surface area contributed by atoms with E-state index >= 15 is 0 Å². The molecule has 0 amide bonds. The molecule has 0 atom stereocenters. The van der Waals surface area contributed by atoms with Gasteiger partial charge in [0.05, 0.1) is 16.7 Å². The van der Waals surface area contributed by atoms with Crippen molar-refractivity contribution in [2.75, 3.05) is 19.3 Å². The van der Waals surface area contributed by atoms with Gasteiger partial charge in [0.15, 0.2) is 5.82 Å². The third-order valence-electron chi connectivity index (χ3n) is 2.34. The minimum atomic E-state index is -4.89. The average molecular weight is 331 g/mol. The van der Waals surface area contributed by atoms with E-state index in [9.17, 15) is 36.1 Å². The molecule has 1 rings (SSSR count). The fourth-order valence-electron chi connectivity index (χ4n) is 1.47. The van der Waals surface area contributed by atoms with Gasteiger partial charge in [0, 0.05) is 13.1 Å². The first-order valence-electron chi connectivity index (χ1n) is 5.13. The van der Waals surface area contributed by atoms with Gasteiger partial charge in [0.25, 0.3) is 5.69 Å². The smallest absolute Gasteiger partial charge is 0.397 e. The summed E-state index contributed by atoms with van der Waals surface area (Å²) < 4.78 is 73.9. The molecule has 0 heterocycles. The van der Waals surface area contributed by atoms with E-state index in [4.69, 9.17) is 5.73 Å². The number of benzene rings is 1. The third-order valence-corrected chi connectivity index (χ3v) is 4.23. The van der Waals surface area contributed by atoms with Crippen molar-refractivity contribution < 1.29 is 30.9 Å². The number of nitrogen functional groups attached to an aromatic ring is 1. The lowest BCUT2D eigenvalue weighted by molar-refractivity contribution is -0.385. The Labute approximate surface area is 116 Å². The van der Waals surface area contributed by atoms with E-state index in [-0.39, 0.29) is 10.4 Å². The van der Waals surface area contributed by atoms with Crippen LogP contribution in [0.2, 0.25) is 0 Å². The minimum Gasteiger partial charge on any atom is -0.397 e. The second-order valence-electron chi connectivity index (χ2n) is 3.98. The van der Waals surface area contributed by atoms with Crippen LogP contribution in [0.4, 0.5) is 28.9 Å². The van der Waals surface area contributed by atoms with Crippen molar-refractivity contribution >= 4 is 21.4 Å². The molecule has 0 aromatic heterocycles.